The van der Waals surface area contributed by atoms with E-state index < -0.39 is 20.2 Å². The van der Waals surface area contributed by atoms with Crippen LogP contribution in [-0.4, -0.2) is 40.9 Å². The van der Waals surface area contributed by atoms with Crippen LogP contribution in [0.1, 0.15) is 0 Å². The van der Waals surface area contributed by atoms with Crippen molar-refractivity contribution < 1.29 is 25.9 Å². The topological polar surface area (TPSA) is 184 Å². The van der Waals surface area contributed by atoms with Gasteiger partial charge in [0.05, 0.1) is 21.3 Å². The van der Waals surface area contributed by atoms with Crippen LogP contribution in [0.5, 0.6) is 0 Å². The van der Waals surface area contributed by atoms with Gasteiger partial charge in [-0.2, -0.15) is 26.8 Å². The molecule has 0 unspecified atom stereocenters. The van der Waals surface area contributed by atoms with E-state index >= 15 is 0 Å². The number of nitrogens with one attached hydrogen (secondary N) is 3. The van der Waals surface area contributed by atoms with Crippen LogP contribution in [0, 0.1) is 0 Å². The van der Waals surface area contributed by atoms with Gasteiger partial charge in [-0.05, 0) is 30.3 Å². The summed E-state index contributed by atoms with van der Waals surface area (Å²) in [4.78, 5) is 11.1. The van der Waals surface area contributed by atoms with Crippen LogP contribution in [0.15, 0.2) is 58.6 Å². The number of nitrogens with zero attached hydrogens (tertiary/aromatic N) is 3. The summed E-state index contributed by atoms with van der Waals surface area (Å²) < 4.78 is 63.4. The van der Waals surface area contributed by atoms with Crippen molar-refractivity contribution in [1.29, 1.82) is 0 Å². The van der Waals surface area contributed by atoms with Gasteiger partial charge in [0.2, 0.25) is 11.9 Å². The predicted molar refractivity (Wildman–Crippen MR) is 108 cm³/mol. The fourth-order valence-corrected chi connectivity index (χ4v) is 3.66. The first-order chi connectivity index (χ1) is 14.0. The molecule has 2 aromatic carbocycles. The van der Waals surface area contributed by atoms with Gasteiger partial charge in [0, 0.05) is 0 Å². The fraction of sp³-hybridized carbons (Fsp3) is 0. The summed E-state index contributed by atoms with van der Waals surface area (Å²) >= 11 is 6.01. The molecular weight excluding hydrogens is 460 g/mol. The molecule has 0 aliphatic rings. The van der Waals surface area contributed by atoms with E-state index in [9.17, 15) is 21.4 Å². The number of benzene rings is 2. The molecule has 1 heterocycles. The van der Waals surface area contributed by atoms with Crippen molar-refractivity contribution in [1.82, 2.24) is 15.0 Å². The van der Waals surface area contributed by atoms with Gasteiger partial charge in [-0.1, -0.05) is 23.7 Å². The number of hydrogen-bond donors (Lipinski definition) is 5. The Morgan fingerprint density at radius 3 is 2.20 bits per heavy atom. The zero-order valence-corrected chi connectivity index (χ0v) is 17.1. The number of hydrogen-bond acceptors (Lipinski definition) is 10. The smallest absolute Gasteiger partial charge is 0.296 e. The third-order valence-electron chi connectivity index (χ3n) is 3.53. The van der Waals surface area contributed by atoms with Crippen molar-refractivity contribution in [2.24, 2.45) is 0 Å². The van der Waals surface area contributed by atoms with Crippen molar-refractivity contribution in [3.05, 3.63) is 53.8 Å². The Morgan fingerprint density at radius 1 is 0.833 bits per heavy atom. The highest BCUT2D eigenvalue weighted by atomic mass is 35.5. The second kappa shape index (κ2) is 8.37. The second-order valence-electron chi connectivity index (χ2n) is 5.60. The number of anilines is 4. The molecule has 0 saturated carbocycles. The summed E-state index contributed by atoms with van der Waals surface area (Å²) in [5.41, 5.74) is 5.45. The molecule has 0 saturated heterocycles. The Kier molecular flexibility index (Phi) is 6.04. The minimum atomic E-state index is -4.45. The normalized spacial score (nSPS) is 11.7. The molecule has 3 aromatic rings. The molecule has 0 fully saturated rings. The van der Waals surface area contributed by atoms with E-state index in [1.807, 2.05) is 0 Å². The molecular formula is C15H13ClN6O6S2. The quantitative estimate of drug-likeness (QED) is 0.250. The van der Waals surface area contributed by atoms with Gasteiger partial charge in [-0.3, -0.25) is 20.0 Å². The van der Waals surface area contributed by atoms with Gasteiger partial charge in [0.15, 0.2) is 0 Å². The highest BCUT2D eigenvalue weighted by molar-refractivity contribution is 7.86. The molecule has 15 heteroatoms. The van der Waals surface area contributed by atoms with E-state index in [0.29, 0.717) is 0 Å². The molecule has 1 aromatic heterocycles. The highest BCUT2D eigenvalue weighted by Gasteiger charge is 2.15. The van der Waals surface area contributed by atoms with Crippen LogP contribution in [0.4, 0.5) is 23.3 Å². The molecule has 0 spiro atoms. The number of aromatic nitrogens is 3. The molecule has 0 atom stereocenters. The van der Waals surface area contributed by atoms with Gasteiger partial charge < -0.3 is 5.32 Å². The average Bonchev–Trinajstić information content (AvgIpc) is 2.67. The molecule has 3 rings (SSSR count). The van der Waals surface area contributed by atoms with Crippen LogP contribution in [0.2, 0.25) is 5.02 Å². The summed E-state index contributed by atoms with van der Waals surface area (Å²) in [5, 5.41) is 2.74. The SMILES string of the molecule is O=S(=O)(O)c1ccc(Nc2ncnc(NNc3ccccc3S(=O)(=O)O)n2)c(Cl)c1. The number of rotatable bonds is 7. The molecule has 30 heavy (non-hydrogen) atoms. The van der Waals surface area contributed by atoms with E-state index in [1.54, 1.807) is 6.07 Å². The zero-order valence-electron chi connectivity index (χ0n) is 14.7. The molecule has 0 amide bonds. The summed E-state index contributed by atoms with van der Waals surface area (Å²) in [7, 11) is -8.85. The lowest BCUT2D eigenvalue weighted by Crippen LogP contribution is -2.15. The van der Waals surface area contributed by atoms with Crippen LogP contribution in [0.25, 0.3) is 0 Å². The first-order valence-electron chi connectivity index (χ1n) is 7.86. The average molecular weight is 473 g/mol. The molecule has 0 aliphatic heterocycles. The number of para-hydroxylation sites is 1. The lowest BCUT2D eigenvalue weighted by atomic mass is 10.3. The zero-order chi connectivity index (χ0) is 21.9. The van der Waals surface area contributed by atoms with Gasteiger partial charge in [-0.15, -0.1) is 0 Å². The molecule has 0 aliphatic carbocycles. The fourth-order valence-electron chi connectivity index (χ4n) is 2.21. The summed E-state index contributed by atoms with van der Waals surface area (Å²) in [6.07, 6.45) is 1.15. The summed E-state index contributed by atoms with van der Waals surface area (Å²) in [5.74, 6) is 0.0159. The minimum absolute atomic E-state index is 0.0108. The van der Waals surface area contributed by atoms with Crippen LogP contribution in [0.3, 0.4) is 0 Å². The maximum absolute atomic E-state index is 11.4. The molecule has 0 radical (unpaired) electrons. The van der Waals surface area contributed by atoms with Crippen molar-refractivity contribution >= 4 is 55.1 Å². The molecule has 158 valence electrons. The first kappa shape index (κ1) is 21.7. The third-order valence-corrected chi connectivity index (χ3v) is 5.60. The van der Waals surface area contributed by atoms with Crippen molar-refractivity contribution in [2.45, 2.75) is 9.79 Å². The Balaban J connectivity index is 1.77. The van der Waals surface area contributed by atoms with E-state index in [-0.39, 0.29) is 38.1 Å². The predicted octanol–water partition coefficient (Wildman–Crippen LogP) is 2.20. The monoisotopic (exact) mass is 472 g/mol. The van der Waals surface area contributed by atoms with E-state index in [1.165, 1.54) is 24.3 Å². The van der Waals surface area contributed by atoms with Crippen molar-refractivity contribution in [3.8, 4) is 0 Å². The van der Waals surface area contributed by atoms with Gasteiger partial charge >= 0.3 is 0 Å². The molecule has 12 nitrogen and oxygen atoms in total. The van der Waals surface area contributed by atoms with Crippen molar-refractivity contribution in [2.75, 3.05) is 16.2 Å². The molecule has 0 bridgehead atoms. The Hall–Kier alpha value is -3.04. The lowest BCUT2D eigenvalue weighted by Gasteiger charge is -2.12. The minimum Gasteiger partial charge on any atom is -0.323 e. The summed E-state index contributed by atoms with van der Waals surface area (Å²) in [6, 6.07) is 9.10. The van der Waals surface area contributed by atoms with Crippen LogP contribution in [-0.2, 0) is 20.2 Å². The Bertz CT molecular complexity index is 1300. The first-order valence-corrected chi connectivity index (χ1v) is 11.1. The maximum atomic E-state index is 11.4. The Labute approximate surface area is 175 Å². The van der Waals surface area contributed by atoms with Crippen LogP contribution >= 0.6 is 11.6 Å². The highest BCUT2D eigenvalue weighted by Crippen LogP contribution is 2.27. The molecule has 5 N–H and O–H groups in total. The Morgan fingerprint density at radius 2 is 1.53 bits per heavy atom. The second-order valence-corrected chi connectivity index (χ2v) is 8.81. The van der Waals surface area contributed by atoms with Gasteiger partial charge in [0.25, 0.3) is 20.2 Å². The van der Waals surface area contributed by atoms with Gasteiger partial charge in [0.1, 0.15) is 11.2 Å². The lowest BCUT2D eigenvalue weighted by molar-refractivity contribution is 0.481. The summed E-state index contributed by atoms with van der Waals surface area (Å²) in [6.45, 7) is 0. The maximum Gasteiger partial charge on any atom is 0.296 e. The number of halogens is 1. The van der Waals surface area contributed by atoms with E-state index in [0.717, 1.165) is 18.5 Å². The van der Waals surface area contributed by atoms with Gasteiger partial charge in [-0.25, -0.2) is 4.98 Å². The number of hydrazine groups is 1. The third kappa shape index (κ3) is 5.31. The standard InChI is InChI=1S/C15H13ClN6O6S2/c16-10-7-9(29(23,24)25)5-6-11(10)19-14-17-8-18-15(20-14)22-21-12-3-1-2-4-13(12)30(26,27)28/h1-8,21H,(H,23,24,25)(H,26,27,28)(H2,17,18,19,20,22). The van der Waals surface area contributed by atoms with E-state index in [2.05, 4.69) is 31.1 Å². The van der Waals surface area contributed by atoms with E-state index in [4.69, 9.17) is 16.2 Å². The van der Waals surface area contributed by atoms with Crippen LogP contribution < -0.4 is 16.2 Å². The largest absolute Gasteiger partial charge is 0.323 e. The van der Waals surface area contributed by atoms with Crippen molar-refractivity contribution in [3.63, 3.8) is 0 Å².